The zero-order valence-corrected chi connectivity index (χ0v) is 12.7. The quantitative estimate of drug-likeness (QED) is 0.764. The van der Waals surface area contributed by atoms with Crippen LogP contribution in [-0.2, 0) is 4.79 Å². The Labute approximate surface area is 126 Å². The Hall–Kier alpha value is -2.15. The number of aliphatic carboxylic acids is 1. The van der Waals surface area contributed by atoms with E-state index in [2.05, 4.69) is 15.3 Å². The van der Waals surface area contributed by atoms with Gasteiger partial charge in [0.05, 0.1) is 17.1 Å². The van der Waals surface area contributed by atoms with Crippen molar-refractivity contribution in [3.05, 3.63) is 28.3 Å². The summed E-state index contributed by atoms with van der Waals surface area (Å²) < 4.78 is 0. The van der Waals surface area contributed by atoms with Crippen molar-refractivity contribution in [1.82, 2.24) is 15.3 Å². The third-order valence-electron chi connectivity index (χ3n) is 3.09. The van der Waals surface area contributed by atoms with E-state index in [4.69, 9.17) is 5.11 Å². The fraction of sp³-hybridized carbons (Fsp3) is 0.357. The van der Waals surface area contributed by atoms with E-state index in [1.54, 1.807) is 23.6 Å². The molecule has 0 aliphatic heterocycles. The van der Waals surface area contributed by atoms with Gasteiger partial charge in [0.15, 0.2) is 0 Å². The highest BCUT2D eigenvalue weighted by atomic mass is 32.1. The number of nitrogens with one attached hydrogen (secondary N) is 2. The van der Waals surface area contributed by atoms with Crippen LogP contribution in [0.15, 0.2) is 17.6 Å². The Morgan fingerprint density at radius 3 is 2.86 bits per heavy atom. The maximum Gasteiger partial charge on any atom is 0.305 e. The van der Waals surface area contributed by atoms with Gasteiger partial charge in [-0.15, -0.1) is 11.3 Å². The molecule has 2 rings (SSSR count). The highest BCUT2D eigenvalue weighted by Crippen LogP contribution is 2.22. The van der Waals surface area contributed by atoms with Crippen LogP contribution in [0.2, 0.25) is 0 Å². The molecule has 0 aromatic carbocycles. The van der Waals surface area contributed by atoms with Crippen molar-refractivity contribution in [2.75, 3.05) is 0 Å². The van der Waals surface area contributed by atoms with Crippen molar-refractivity contribution < 1.29 is 14.7 Å². The second-order valence-corrected chi connectivity index (χ2v) is 5.79. The zero-order chi connectivity index (χ0) is 15.4. The van der Waals surface area contributed by atoms with Gasteiger partial charge in [-0.2, -0.15) is 0 Å². The zero-order valence-electron chi connectivity index (χ0n) is 11.8. The summed E-state index contributed by atoms with van der Waals surface area (Å²) in [5, 5.41) is 14.4. The maximum absolute atomic E-state index is 12.1. The number of amides is 1. The maximum atomic E-state index is 12.1. The van der Waals surface area contributed by atoms with Crippen molar-refractivity contribution in [1.29, 1.82) is 0 Å². The average Bonchev–Trinajstić information content (AvgIpc) is 3.05. The Balaban J connectivity index is 2.06. The van der Waals surface area contributed by atoms with Crippen molar-refractivity contribution in [3.63, 3.8) is 0 Å². The lowest BCUT2D eigenvalue weighted by Gasteiger charge is -2.13. The summed E-state index contributed by atoms with van der Waals surface area (Å²) in [6.45, 7) is 3.76. The number of carbonyl (C=O) groups excluding carboxylic acids is 1. The average molecular weight is 307 g/mol. The Kier molecular flexibility index (Phi) is 4.74. The first-order valence-electron chi connectivity index (χ1n) is 6.63. The molecule has 1 amide bonds. The molecule has 2 aromatic heterocycles. The summed E-state index contributed by atoms with van der Waals surface area (Å²) >= 11 is 1.55. The molecule has 0 aliphatic rings. The standard InChI is InChI=1S/C14H17N3O3S/c1-3-10(5-13(18)19)17-14(20)11-4-9(6-15-11)12-7-21-8(2)16-12/h4,6-7,10,15H,3,5H2,1-2H3,(H,17,20)(H,18,19). The Morgan fingerprint density at radius 1 is 1.52 bits per heavy atom. The number of H-pyrrole nitrogens is 1. The number of carboxylic acids is 1. The Bertz CT molecular complexity index is 647. The third-order valence-corrected chi connectivity index (χ3v) is 3.86. The van der Waals surface area contributed by atoms with Gasteiger partial charge in [0, 0.05) is 23.2 Å². The summed E-state index contributed by atoms with van der Waals surface area (Å²) in [7, 11) is 0. The van der Waals surface area contributed by atoms with Gasteiger partial charge in [-0.1, -0.05) is 6.92 Å². The molecule has 0 saturated carbocycles. The minimum atomic E-state index is -0.924. The van der Waals surface area contributed by atoms with Crippen molar-refractivity contribution in [2.24, 2.45) is 0 Å². The van der Waals surface area contributed by atoms with Gasteiger partial charge in [-0.3, -0.25) is 9.59 Å². The van der Waals surface area contributed by atoms with Crippen LogP contribution in [-0.4, -0.2) is 33.0 Å². The number of aromatic amines is 1. The lowest BCUT2D eigenvalue weighted by atomic mass is 10.1. The predicted molar refractivity (Wildman–Crippen MR) is 80.4 cm³/mol. The molecule has 0 radical (unpaired) electrons. The van der Waals surface area contributed by atoms with E-state index >= 15 is 0 Å². The number of hydrogen-bond donors (Lipinski definition) is 3. The molecule has 0 saturated heterocycles. The minimum absolute atomic E-state index is 0.0823. The minimum Gasteiger partial charge on any atom is -0.481 e. The largest absolute Gasteiger partial charge is 0.481 e. The van der Waals surface area contributed by atoms with E-state index in [0.717, 1.165) is 16.3 Å². The SMILES string of the molecule is CCC(CC(=O)O)NC(=O)c1cc(-c2csc(C)n2)c[nH]1. The molecule has 21 heavy (non-hydrogen) atoms. The van der Waals surface area contributed by atoms with E-state index in [1.165, 1.54) is 0 Å². The first kappa shape index (κ1) is 15.2. The van der Waals surface area contributed by atoms with Crippen LogP contribution in [0.4, 0.5) is 0 Å². The van der Waals surface area contributed by atoms with Gasteiger partial charge in [0.25, 0.3) is 5.91 Å². The molecule has 2 heterocycles. The molecule has 0 aliphatic carbocycles. The van der Waals surface area contributed by atoms with Crippen LogP contribution < -0.4 is 5.32 Å². The highest BCUT2D eigenvalue weighted by molar-refractivity contribution is 7.09. The molecule has 1 unspecified atom stereocenters. The molecule has 0 bridgehead atoms. The highest BCUT2D eigenvalue weighted by Gasteiger charge is 2.17. The second kappa shape index (κ2) is 6.53. The van der Waals surface area contributed by atoms with Crippen LogP contribution in [0.1, 0.15) is 35.3 Å². The first-order chi connectivity index (χ1) is 9.99. The molecule has 7 heteroatoms. The molecule has 2 aromatic rings. The first-order valence-corrected chi connectivity index (χ1v) is 7.51. The van der Waals surface area contributed by atoms with Gasteiger partial charge in [0.1, 0.15) is 5.69 Å². The monoisotopic (exact) mass is 307 g/mol. The van der Waals surface area contributed by atoms with Gasteiger partial charge in [-0.05, 0) is 19.4 Å². The number of aryl methyl sites for hydroxylation is 1. The number of aromatic nitrogens is 2. The molecule has 112 valence electrons. The summed E-state index contributed by atoms with van der Waals surface area (Å²) in [6.07, 6.45) is 2.21. The van der Waals surface area contributed by atoms with E-state index in [1.807, 2.05) is 19.2 Å². The number of thiazole rings is 1. The van der Waals surface area contributed by atoms with Gasteiger partial charge >= 0.3 is 5.97 Å². The number of carbonyl (C=O) groups is 2. The van der Waals surface area contributed by atoms with Crippen LogP contribution in [0.25, 0.3) is 11.3 Å². The van der Waals surface area contributed by atoms with Gasteiger partial charge < -0.3 is 15.4 Å². The van der Waals surface area contributed by atoms with Gasteiger partial charge in [-0.25, -0.2) is 4.98 Å². The lowest BCUT2D eigenvalue weighted by Crippen LogP contribution is -2.36. The Morgan fingerprint density at radius 2 is 2.29 bits per heavy atom. The molecule has 1 atom stereocenters. The summed E-state index contributed by atoms with van der Waals surface area (Å²) in [5.74, 6) is -1.23. The van der Waals surface area contributed by atoms with Crippen molar-refractivity contribution in [3.8, 4) is 11.3 Å². The summed E-state index contributed by atoms with van der Waals surface area (Å²) in [5.41, 5.74) is 2.07. The number of hydrogen-bond acceptors (Lipinski definition) is 4. The lowest BCUT2D eigenvalue weighted by molar-refractivity contribution is -0.137. The van der Waals surface area contributed by atoms with E-state index in [-0.39, 0.29) is 18.4 Å². The smallest absolute Gasteiger partial charge is 0.305 e. The van der Waals surface area contributed by atoms with Crippen LogP contribution in [0.5, 0.6) is 0 Å². The van der Waals surface area contributed by atoms with Gasteiger partial charge in [0.2, 0.25) is 0 Å². The molecule has 3 N–H and O–H groups in total. The molecular weight excluding hydrogens is 290 g/mol. The summed E-state index contributed by atoms with van der Waals surface area (Å²) in [4.78, 5) is 30.1. The van der Waals surface area contributed by atoms with E-state index in [9.17, 15) is 9.59 Å². The molecule has 0 spiro atoms. The molecule has 6 nitrogen and oxygen atoms in total. The van der Waals surface area contributed by atoms with Crippen LogP contribution in [0, 0.1) is 6.92 Å². The fourth-order valence-corrected chi connectivity index (χ4v) is 2.56. The van der Waals surface area contributed by atoms with Crippen LogP contribution in [0.3, 0.4) is 0 Å². The third kappa shape index (κ3) is 3.91. The number of nitrogens with zero attached hydrogens (tertiary/aromatic N) is 1. The number of rotatable bonds is 6. The normalized spacial score (nSPS) is 12.1. The van der Waals surface area contributed by atoms with E-state index in [0.29, 0.717) is 12.1 Å². The van der Waals surface area contributed by atoms with Crippen molar-refractivity contribution >= 4 is 23.2 Å². The van der Waals surface area contributed by atoms with Crippen molar-refractivity contribution in [2.45, 2.75) is 32.7 Å². The molecular formula is C14H17N3O3S. The van der Waals surface area contributed by atoms with E-state index < -0.39 is 5.97 Å². The second-order valence-electron chi connectivity index (χ2n) is 4.73. The topological polar surface area (TPSA) is 95.1 Å². The summed E-state index contributed by atoms with van der Waals surface area (Å²) in [6, 6.07) is 1.35. The number of carboxylic acid groups (broad SMARTS) is 1. The fourth-order valence-electron chi connectivity index (χ4n) is 1.94. The van der Waals surface area contributed by atoms with Crippen LogP contribution >= 0.6 is 11.3 Å². The predicted octanol–water partition coefficient (Wildman–Crippen LogP) is 2.43. The molecule has 0 fully saturated rings.